The molecule has 1 aromatic carbocycles. The number of benzene rings is 1. The first-order valence-corrected chi connectivity index (χ1v) is 12.8. The zero-order valence-electron chi connectivity index (χ0n) is 19.2. The number of carbonyl (C=O) groups is 1. The summed E-state index contributed by atoms with van der Waals surface area (Å²) in [6.45, 7) is 0. The summed E-state index contributed by atoms with van der Waals surface area (Å²) in [5, 5.41) is 15.8. The maximum Gasteiger partial charge on any atom is 0.227 e. The average Bonchev–Trinajstić information content (AvgIpc) is 3.61. The summed E-state index contributed by atoms with van der Waals surface area (Å²) in [7, 11) is 0. The lowest BCUT2D eigenvalue weighted by Crippen LogP contribution is -2.28. The van der Waals surface area contributed by atoms with E-state index in [1.54, 1.807) is 29.9 Å². The largest absolute Gasteiger partial charge is 0.335 e. The SMILES string of the molecule is O=C(Nc1cncc(-c2ccc3[nH]nc(-c4nc5c(-c6ccsc6)cncc5[nH]4)c3c2)c1)C1CCC1. The smallest absolute Gasteiger partial charge is 0.227 e. The van der Waals surface area contributed by atoms with Crippen molar-refractivity contribution in [1.82, 2.24) is 30.1 Å². The number of aromatic nitrogens is 6. The van der Waals surface area contributed by atoms with Gasteiger partial charge < -0.3 is 10.3 Å². The minimum atomic E-state index is 0.0777. The van der Waals surface area contributed by atoms with E-state index >= 15 is 0 Å². The Morgan fingerprint density at radius 1 is 0.972 bits per heavy atom. The lowest BCUT2D eigenvalue weighted by Gasteiger charge is -2.24. The van der Waals surface area contributed by atoms with E-state index in [2.05, 4.69) is 48.0 Å². The van der Waals surface area contributed by atoms with Crippen molar-refractivity contribution < 1.29 is 4.79 Å². The fraction of sp³-hybridized carbons (Fsp3) is 0.148. The molecule has 5 heterocycles. The number of rotatable bonds is 5. The van der Waals surface area contributed by atoms with Gasteiger partial charge in [-0.1, -0.05) is 12.5 Å². The predicted molar refractivity (Wildman–Crippen MR) is 141 cm³/mol. The monoisotopic (exact) mass is 491 g/mol. The van der Waals surface area contributed by atoms with E-state index in [0.29, 0.717) is 11.5 Å². The van der Waals surface area contributed by atoms with E-state index in [-0.39, 0.29) is 11.8 Å². The Hall–Kier alpha value is -4.37. The highest BCUT2D eigenvalue weighted by atomic mass is 32.1. The Morgan fingerprint density at radius 2 is 1.89 bits per heavy atom. The van der Waals surface area contributed by atoms with Crippen molar-refractivity contribution in [1.29, 1.82) is 0 Å². The molecule has 1 fully saturated rings. The van der Waals surface area contributed by atoms with E-state index in [1.807, 2.05) is 29.8 Å². The van der Waals surface area contributed by atoms with E-state index in [0.717, 1.165) is 69.1 Å². The van der Waals surface area contributed by atoms with Crippen LogP contribution in [0, 0.1) is 5.92 Å². The molecule has 1 aliphatic rings. The van der Waals surface area contributed by atoms with Gasteiger partial charge in [-0.3, -0.25) is 19.9 Å². The summed E-state index contributed by atoms with van der Waals surface area (Å²) in [5.41, 5.74) is 8.07. The molecule has 0 saturated heterocycles. The second kappa shape index (κ2) is 8.39. The number of imidazole rings is 1. The van der Waals surface area contributed by atoms with Crippen LogP contribution in [-0.4, -0.2) is 36.0 Å². The summed E-state index contributed by atoms with van der Waals surface area (Å²) >= 11 is 1.65. The Bertz CT molecular complexity index is 1730. The van der Waals surface area contributed by atoms with Gasteiger partial charge in [-0.05, 0) is 59.0 Å². The van der Waals surface area contributed by atoms with Gasteiger partial charge in [0.05, 0.1) is 29.1 Å². The van der Waals surface area contributed by atoms with Gasteiger partial charge in [0.25, 0.3) is 0 Å². The first kappa shape index (κ1) is 21.0. The van der Waals surface area contributed by atoms with Gasteiger partial charge in [0.2, 0.25) is 5.91 Å². The average molecular weight is 492 g/mol. The van der Waals surface area contributed by atoms with Crippen LogP contribution in [-0.2, 0) is 4.79 Å². The molecule has 1 aliphatic carbocycles. The molecular weight excluding hydrogens is 470 g/mol. The fourth-order valence-corrected chi connectivity index (χ4v) is 5.28. The van der Waals surface area contributed by atoms with Gasteiger partial charge >= 0.3 is 0 Å². The van der Waals surface area contributed by atoms with Crippen molar-refractivity contribution in [3.8, 4) is 33.8 Å². The molecule has 8 nitrogen and oxygen atoms in total. The quantitative estimate of drug-likeness (QED) is 0.273. The highest BCUT2D eigenvalue weighted by Crippen LogP contribution is 2.34. The number of amides is 1. The predicted octanol–water partition coefficient (Wildman–Crippen LogP) is 6.03. The van der Waals surface area contributed by atoms with Crippen molar-refractivity contribution in [2.24, 2.45) is 5.92 Å². The lowest BCUT2D eigenvalue weighted by atomic mass is 9.85. The van der Waals surface area contributed by atoms with Crippen molar-refractivity contribution in [2.45, 2.75) is 19.3 Å². The van der Waals surface area contributed by atoms with Crippen molar-refractivity contribution in [3.63, 3.8) is 0 Å². The Balaban J connectivity index is 1.26. The molecular formula is C27H21N7OS. The van der Waals surface area contributed by atoms with Crippen molar-refractivity contribution >= 4 is 44.9 Å². The highest BCUT2D eigenvalue weighted by Gasteiger charge is 2.25. The number of pyridine rings is 2. The molecule has 9 heteroatoms. The van der Waals surface area contributed by atoms with Crippen LogP contribution in [0.3, 0.4) is 0 Å². The number of hydrogen-bond acceptors (Lipinski definition) is 6. The van der Waals surface area contributed by atoms with Crippen LogP contribution >= 0.6 is 11.3 Å². The normalized spacial score (nSPS) is 13.8. The van der Waals surface area contributed by atoms with Crippen LogP contribution in [0.15, 0.2) is 65.9 Å². The molecule has 36 heavy (non-hydrogen) atoms. The van der Waals surface area contributed by atoms with Gasteiger partial charge in [-0.2, -0.15) is 16.4 Å². The number of thiophene rings is 1. The van der Waals surface area contributed by atoms with Crippen LogP contribution in [0.2, 0.25) is 0 Å². The Morgan fingerprint density at radius 3 is 2.72 bits per heavy atom. The number of fused-ring (bicyclic) bond motifs is 2. The summed E-state index contributed by atoms with van der Waals surface area (Å²) in [6.07, 6.45) is 10.2. The van der Waals surface area contributed by atoms with Crippen LogP contribution in [0.1, 0.15) is 19.3 Å². The molecule has 3 N–H and O–H groups in total. The molecule has 176 valence electrons. The molecule has 0 bridgehead atoms. The van der Waals surface area contributed by atoms with E-state index in [4.69, 9.17) is 4.98 Å². The van der Waals surface area contributed by atoms with Gasteiger partial charge in [-0.25, -0.2) is 4.98 Å². The number of H-pyrrole nitrogens is 2. The first-order chi connectivity index (χ1) is 17.7. The van der Waals surface area contributed by atoms with Gasteiger partial charge in [0.15, 0.2) is 5.82 Å². The number of aromatic amines is 2. The van der Waals surface area contributed by atoms with Crippen molar-refractivity contribution in [3.05, 3.63) is 65.9 Å². The van der Waals surface area contributed by atoms with Crippen LogP contribution < -0.4 is 5.32 Å². The Kier molecular flexibility index (Phi) is 4.88. The summed E-state index contributed by atoms with van der Waals surface area (Å²) in [5.74, 6) is 0.879. The van der Waals surface area contributed by atoms with Gasteiger partial charge in [-0.15, -0.1) is 0 Å². The van der Waals surface area contributed by atoms with E-state index in [9.17, 15) is 4.79 Å². The van der Waals surface area contributed by atoms with Crippen LogP contribution in [0.25, 0.3) is 55.7 Å². The molecule has 5 aromatic heterocycles. The number of anilines is 1. The lowest BCUT2D eigenvalue weighted by molar-refractivity contribution is -0.122. The molecule has 0 unspecified atom stereocenters. The number of nitrogens with zero attached hydrogens (tertiary/aromatic N) is 4. The number of carbonyl (C=O) groups excluding carboxylic acids is 1. The topological polar surface area (TPSA) is 112 Å². The third-order valence-corrected chi connectivity index (χ3v) is 7.51. The molecule has 1 amide bonds. The van der Waals surface area contributed by atoms with E-state index in [1.165, 1.54) is 0 Å². The maximum absolute atomic E-state index is 12.4. The summed E-state index contributed by atoms with van der Waals surface area (Å²) in [4.78, 5) is 29.5. The van der Waals surface area contributed by atoms with E-state index < -0.39 is 0 Å². The number of hydrogen-bond donors (Lipinski definition) is 3. The molecule has 0 aliphatic heterocycles. The third-order valence-electron chi connectivity index (χ3n) is 6.83. The minimum Gasteiger partial charge on any atom is -0.335 e. The van der Waals surface area contributed by atoms with Gasteiger partial charge in [0, 0.05) is 34.8 Å². The standard InChI is InChI=1S/C27H21N7OS/c35-27(15-2-1-3-15)30-19-8-18(10-28-11-19)16-4-5-22-20(9-16)25(34-33-22)26-31-23-13-29-12-21(24(23)32-26)17-6-7-36-14-17/h4-15H,1-3H2,(H,30,35)(H,31,32)(H,33,34). The van der Waals surface area contributed by atoms with Crippen LogP contribution in [0.4, 0.5) is 5.69 Å². The highest BCUT2D eigenvalue weighted by molar-refractivity contribution is 7.08. The molecule has 7 rings (SSSR count). The molecule has 0 atom stereocenters. The minimum absolute atomic E-state index is 0.0777. The Labute approximate surface area is 209 Å². The molecule has 0 spiro atoms. The summed E-state index contributed by atoms with van der Waals surface area (Å²) < 4.78 is 0. The maximum atomic E-state index is 12.4. The van der Waals surface area contributed by atoms with Crippen LogP contribution in [0.5, 0.6) is 0 Å². The second-order valence-corrected chi connectivity index (χ2v) is 9.87. The van der Waals surface area contributed by atoms with Gasteiger partial charge in [0.1, 0.15) is 11.2 Å². The first-order valence-electron chi connectivity index (χ1n) is 11.8. The number of nitrogens with one attached hydrogen (secondary N) is 3. The molecule has 1 saturated carbocycles. The molecule has 0 radical (unpaired) electrons. The second-order valence-electron chi connectivity index (χ2n) is 9.09. The molecule has 6 aromatic rings. The fourth-order valence-electron chi connectivity index (χ4n) is 4.63. The zero-order valence-corrected chi connectivity index (χ0v) is 20.0. The zero-order chi connectivity index (χ0) is 24.1. The van der Waals surface area contributed by atoms with Crippen molar-refractivity contribution in [2.75, 3.05) is 5.32 Å². The third kappa shape index (κ3) is 3.56. The summed E-state index contributed by atoms with van der Waals surface area (Å²) in [6, 6.07) is 10.1.